The molecule has 0 bridgehead atoms. The summed E-state index contributed by atoms with van der Waals surface area (Å²) in [6.07, 6.45) is 3.51. The second-order valence-corrected chi connectivity index (χ2v) is 6.11. The summed E-state index contributed by atoms with van der Waals surface area (Å²) in [5.41, 5.74) is -0.155. The Hall–Kier alpha value is -1.00. The minimum absolute atomic E-state index is 0.364. The molecule has 2 aliphatic rings. The van der Waals surface area contributed by atoms with Crippen LogP contribution in [0.4, 0.5) is 8.78 Å². The van der Waals surface area contributed by atoms with E-state index in [1.165, 1.54) is 18.9 Å². The van der Waals surface area contributed by atoms with Crippen molar-refractivity contribution < 1.29 is 13.9 Å². The predicted octanol–water partition coefficient (Wildman–Crippen LogP) is 2.50. The van der Waals surface area contributed by atoms with E-state index in [4.69, 9.17) is 0 Å². The summed E-state index contributed by atoms with van der Waals surface area (Å²) in [7, 11) is 0. The lowest BCUT2D eigenvalue weighted by Gasteiger charge is -2.23. The highest BCUT2D eigenvalue weighted by Crippen LogP contribution is 2.38. The average Bonchev–Trinajstić information content (AvgIpc) is 3.11. The van der Waals surface area contributed by atoms with Gasteiger partial charge in [-0.2, -0.15) is 0 Å². The number of benzene rings is 1. The fourth-order valence-corrected chi connectivity index (χ4v) is 3.28. The standard InChI is InChI=1S/C15H19F2NO/c1-10-7-15(19,9-18(10)12-3-4-12)8-11-2-5-13(16)14(17)6-11/h2,5-6,10,12,19H,3-4,7-9H2,1H3. The summed E-state index contributed by atoms with van der Waals surface area (Å²) < 4.78 is 26.1. The summed E-state index contributed by atoms with van der Waals surface area (Å²) in [5.74, 6) is -1.68. The molecular weight excluding hydrogens is 248 g/mol. The number of nitrogens with zero attached hydrogens (tertiary/aromatic N) is 1. The first-order valence-corrected chi connectivity index (χ1v) is 6.89. The van der Waals surface area contributed by atoms with Crippen LogP contribution in [-0.2, 0) is 6.42 Å². The summed E-state index contributed by atoms with van der Waals surface area (Å²) in [6.45, 7) is 2.76. The van der Waals surface area contributed by atoms with Gasteiger partial charge >= 0.3 is 0 Å². The zero-order valence-corrected chi connectivity index (χ0v) is 11.1. The number of β-amino-alcohol motifs (C(OH)–C–C–N with tert-alkyl or cyclic N) is 1. The molecule has 1 aromatic carbocycles. The molecule has 1 aromatic rings. The van der Waals surface area contributed by atoms with E-state index in [0.29, 0.717) is 37.0 Å². The molecule has 2 nitrogen and oxygen atoms in total. The molecule has 1 saturated heterocycles. The van der Waals surface area contributed by atoms with E-state index in [-0.39, 0.29) is 0 Å². The van der Waals surface area contributed by atoms with Gasteiger partial charge in [0.15, 0.2) is 11.6 Å². The molecule has 104 valence electrons. The maximum Gasteiger partial charge on any atom is 0.159 e. The highest BCUT2D eigenvalue weighted by molar-refractivity contribution is 5.21. The van der Waals surface area contributed by atoms with Gasteiger partial charge in [-0.25, -0.2) is 8.78 Å². The normalized spacial score (nSPS) is 31.9. The fraction of sp³-hybridized carbons (Fsp3) is 0.600. The Morgan fingerprint density at radius 3 is 2.68 bits per heavy atom. The third-order valence-corrected chi connectivity index (χ3v) is 4.25. The molecule has 3 rings (SSSR count). The number of rotatable bonds is 3. The van der Waals surface area contributed by atoms with E-state index in [2.05, 4.69) is 11.8 Å². The highest BCUT2D eigenvalue weighted by Gasteiger charge is 2.45. The lowest BCUT2D eigenvalue weighted by molar-refractivity contribution is 0.0486. The summed E-state index contributed by atoms with van der Waals surface area (Å²) in [4.78, 5) is 2.35. The Kier molecular flexibility index (Phi) is 3.10. The molecule has 1 aliphatic carbocycles. The summed E-state index contributed by atoms with van der Waals surface area (Å²) >= 11 is 0. The van der Waals surface area contributed by atoms with Gasteiger partial charge < -0.3 is 5.11 Å². The van der Waals surface area contributed by atoms with Gasteiger partial charge in [0.2, 0.25) is 0 Å². The minimum Gasteiger partial charge on any atom is -0.388 e. The van der Waals surface area contributed by atoms with E-state index in [1.807, 2.05) is 0 Å². The van der Waals surface area contributed by atoms with Crippen molar-refractivity contribution in [1.29, 1.82) is 0 Å². The van der Waals surface area contributed by atoms with E-state index in [9.17, 15) is 13.9 Å². The molecule has 0 radical (unpaired) electrons. The van der Waals surface area contributed by atoms with Gasteiger partial charge in [0, 0.05) is 25.0 Å². The summed E-state index contributed by atoms with van der Waals surface area (Å²) in [5, 5.41) is 10.7. The minimum atomic E-state index is -0.841. The molecular formula is C15H19F2NO. The first-order valence-electron chi connectivity index (χ1n) is 6.89. The molecule has 1 N–H and O–H groups in total. The first kappa shape index (κ1) is 13.0. The van der Waals surface area contributed by atoms with E-state index < -0.39 is 17.2 Å². The van der Waals surface area contributed by atoms with Crippen molar-refractivity contribution >= 4 is 0 Å². The van der Waals surface area contributed by atoms with Crippen LogP contribution in [0.3, 0.4) is 0 Å². The van der Waals surface area contributed by atoms with Crippen LogP contribution in [0.5, 0.6) is 0 Å². The van der Waals surface area contributed by atoms with Gasteiger partial charge in [-0.05, 0) is 43.9 Å². The van der Waals surface area contributed by atoms with Gasteiger partial charge in [-0.15, -0.1) is 0 Å². The molecule has 1 aliphatic heterocycles. The van der Waals surface area contributed by atoms with Crippen molar-refractivity contribution in [2.45, 2.75) is 50.3 Å². The van der Waals surface area contributed by atoms with Gasteiger partial charge in [-0.1, -0.05) is 6.07 Å². The van der Waals surface area contributed by atoms with Gasteiger partial charge in [0.05, 0.1) is 5.60 Å². The maximum atomic E-state index is 13.2. The lowest BCUT2D eigenvalue weighted by atomic mass is 9.92. The molecule has 2 unspecified atom stereocenters. The van der Waals surface area contributed by atoms with Gasteiger partial charge in [0.25, 0.3) is 0 Å². The van der Waals surface area contributed by atoms with E-state index in [1.54, 1.807) is 6.07 Å². The van der Waals surface area contributed by atoms with Crippen LogP contribution in [0.15, 0.2) is 18.2 Å². The van der Waals surface area contributed by atoms with Crippen molar-refractivity contribution in [2.75, 3.05) is 6.54 Å². The molecule has 4 heteroatoms. The Bertz CT molecular complexity index is 489. The molecule has 1 heterocycles. The smallest absolute Gasteiger partial charge is 0.159 e. The highest BCUT2D eigenvalue weighted by atomic mass is 19.2. The molecule has 2 fully saturated rings. The Balaban J connectivity index is 1.73. The zero-order chi connectivity index (χ0) is 13.6. The maximum absolute atomic E-state index is 13.2. The van der Waals surface area contributed by atoms with Crippen LogP contribution < -0.4 is 0 Å². The third kappa shape index (κ3) is 2.65. The number of likely N-dealkylation sites (tertiary alicyclic amines) is 1. The number of hydrogen-bond acceptors (Lipinski definition) is 2. The average molecular weight is 267 g/mol. The van der Waals surface area contributed by atoms with E-state index >= 15 is 0 Å². The van der Waals surface area contributed by atoms with Gasteiger partial charge in [0.1, 0.15) is 0 Å². The molecule has 1 saturated carbocycles. The second kappa shape index (κ2) is 4.53. The van der Waals surface area contributed by atoms with Crippen LogP contribution in [0, 0.1) is 11.6 Å². The Labute approximate surface area is 112 Å². The van der Waals surface area contributed by atoms with Crippen molar-refractivity contribution in [2.24, 2.45) is 0 Å². The molecule has 2 atom stereocenters. The third-order valence-electron chi connectivity index (χ3n) is 4.25. The SMILES string of the molecule is CC1CC(O)(Cc2ccc(F)c(F)c2)CN1C1CC1. The molecule has 0 spiro atoms. The summed E-state index contributed by atoms with van der Waals surface area (Å²) in [6, 6.07) is 4.86. The number of hydrogen-bond donors (Lipinski definition) is 1. The first-order chi connectivity index (χ1) is 8.97. The largest absolute Gasteiger partial charge is 0.388 e. The second-order valence-electron chi connectivity index (χ2n) is 6.11. The fourth-order valence-electron chi connectivity index (χ4n) is 3.28. The zero-order valence-electron chi connectivity index (χ0n) is 11.1. The topological polar surface area (TPSA) is 23.5 Å². The van der Waals surface area contributed by atoms with Crippen LogP contribution >= 0.6 is 0 Å². The van der Waals surface area contributed by atoms with Crippen LogP contribution in [0.25, 0.3) is 0 Å². The Morgan fingerprint density at radius 2 is 2.05 bits per heavy atom. The molecule has 0 amide bonds. The van der Waals surface area contributed by atoms with Crippen LogP contribution in [0.2, 0.25) is 0 Å². The van der Waals surface area contributed by atoms with Crippen molar-refractivity contribution in [3.63, 3.8) is 0 Å². The number of aliphatic hydroxyl groups is 1. The van der Waals surface area contributed by atoms with Gasteiger partial charge in [-0.3, -0.25) is 4.90 Å². The van der Waals surface area contributed by atoms with Crippen LogP contribution in [0.1, 0.15) is 31.7 Å². The quantitative estimate of drug-likeness (QED) is 0.909. The number of halogens is 2. The van der Waals surface area contributed by atoms with Crippen molar-refractivity contribution in [1.82, 2.24) is 4.90 Å². The predicted molar refractivity (Wildman–Crippen MR) is 68.8 cm³/mol. The van der Waals surface area contributed by atoms with Crippen molar-refractivity contribution in [3.05, 3.63) is 35.4 Å². The lowest BCUT2D eigenvalue weighted by Crippen LogP contribution is -2.36. The van der Waals surface area contributed by atoms with Crippen LogP contribution in [-0.4, -0.2) is 34.2 Å². The monoisotopic (exact) mass is 267 g/mol. The Morgan fingerprint density at radius 1 is 1.32 bits per heavy atom. The molecule has 0 aromatic heterocycles. The van der Waals surface area contributed by atoms with E-state index in [0.717, 1.165) is 6.07 Å². The molecule has 19 heavy (non-hydrogen) atoms. The van der Waals surface area contributed by atoms with Crippen molar-refractivity contribution in [3.8, 4) is 0 Å².